The number of hydrogen-bond acceptors (Lipinski definition) is 5. The Morgan fingerprint density at radius 2 is 1.82 bits per heavy atom. The van der Waals surface area contributed by atoms with E-state index < -0.39 is 0 Å². The Labute approximate surface area is 205 Å². The number of aryl methyl sites for hydroxylation is 1. The van der Waals surface area contributed by atoms with Gasteiger partial charge in [-0.05, 0) is 83.1 Å². The molecule has 0 bridgehead atoms. The van der Waals surface area contributed by atoms with Crippen LogP contribution >= 0.6 is 11.3 Å². The minimum Gasteiger partial charge on any atom is -0.489 e. The number of rotatable bonds is 7. The summed E-state index contributed by atoms with van der Waals surface area (Å²) in [5.41, 5.74) is 2.38. The normalized spacial score (nSPS) is 15.0. The van der Waals surface area contributed by atoms with Gasteiger partial charge in [-0.1, -0.05) is 25.1 Å². The van der Waals surface area contributed by atoms with E-state index in [2.05, 4.69) is 35.6 Å². The zero-order valence-corrected chi connectivity index (χ0v) is 21.1. The van der Waals surface area contributed by atoms with Crippen molar-refractivity contribution in [2.75, 3.05) is 25.5 Å². The van der Waals surface area contributed by atoms with Crippen LogP contribution in [0.5, 0.6) is 5.75 Å². The summed E-state index contributed by atoms with van der Waals surface area (Å²) in [6.07, 6.45) is 2.57. The number of anilines is 1. The number of amides is 2. The average Bonchev–Trinajstić information content (AvgIpc) is 3.17. The molecule has 1 saturated heterocycles. The van der Waals surface area contributed by atoms with Crippen molar-refractivity contribution in [1.82, 2.24) is 10.2 Å². The van der Waals surface area contributed by atoms with E-state index in [0.29, 0.717) is 16.2 Å². The van der Waals surface area contributed by atoms with E-state index in [1.807, 2.05) is 38.1 Å². The summed E-state index contributed by atoms with van der Waals surface area (Å²) in [7, 11) is 2.11. The summed E-state index contributed by atoms with van der Waals surface area (Å²) in [5, 5.41) is 7.14. The number of carbonyl (C=O) groups is 2. The first-order valence-electron chi connectivity index (χ1n) is 12.0. The molecule has 2 N–H and O–H groups in total. The van der Waals surface area contributed by atoms with Gasteiger partial charge >= 0.3 is 0 Å². The van der Waals surface area contributed by atoms with Crippen LogP contribution in [-0.4, -0.2) is 49.0 Å². The fourth-order valence-corrected chi connectivity index (χ4v) is 5.35. The van der Waals surface area contributed by atoms with E-state index in [4.69, 9.17) is 4.74 Å². The molecule has 0 spiro atoms. The number of benzene rings is 2. The fraction of sp³-hybridized carbons (Fsp3) is 0.407. The highest BCUT2D eigenvalue weighted by atomic mass is 32.1. The third kappa shape index (κ3) is 5.42. The zero-order valence-electron chi connectivity index (χ0n) is 20.3. The topological polar surface area (TPSA) is 70.7 Å². The Morgan fingerprint density at radius 3 is 2.47 bits per heavy atom. The van der Waals surface area contributed by atoms with Gasteiger partial charge in [0, 0.05) is 27.4 Å². The molecule has 7 heteroatoms. The lowest BCUT2D eigenvalue weighted by Gasteiger charge is -2.29. The third-order valence-corrected chi connectivity index (χ3v) is 7.28. The molecule has 3 aromatic rings. The quantitative estimate of drug-likeness (QED) is 0.481. The Kier molecular flexibility index (Phi) is 7.54. The standard InChI is InChI=1S/C27H33N3O3S/c1-5-18-15-23-21(16-22(18)29-26(31)19-9-7-6-8-10-19)24(33-17(2)3)25(34-23)27(32)28-20-11-13-30(4)14-12-20/h6-10,15-17,20H,5,11-14H2,1-4H3,(H,28,32)(H,29,31). The first kappa shape index (κ1) is 24.2. The van der Waals surface area contributed by atoms with Crippen molar-refractivity contribution in [2.45, 2.75) is 52.2 Å². The molecule has 0 unspecified atom stereocenters. The number of nitrogens with one attached hydrogen (secondary N) is 2. The maximum absolute atomic E-state index is 13.3. The summed E-state index contributed by atoms with van der Waals surface area (Å²) >= 11 is 1.46. The maximum Gasteiger partial charge on any atom is 0.265 e. The van der Waals surface area contributed by atoms with Crippen LogP contribution in [0.4, 0.5) is 5.69 Å². The van der Waals surface area contributed by atoms with E-state index >= 15 is 0 Å². The molecule has 6 nitrogen and oxygen atoms in total. The van der Waals surface area contributed by atoms with Crippen molar-refractivity contribution in [3.8, 4) is 5.75 Å². The van der Waals surface area contributed by atoms with Crippen LogP contribution in [-0.2, 0) is 6.42 Å². The Hall–Kier alpha value is -2.90. The van der Waals surface area contributed by atoms with Crippen LogP contribution in [0, 0.1) is 0 Å². The van der Waals surface area contributed by atoms with E-state index in [1.54, 1.807) is 12.1 Å². The lowest BCUT2D eigenvalue weighted by Crippen LogP contribution is -2.43. The third-order valence-electron chi connectivity index (χ3n) is 6.15. The Morgan fingerprint density at radius 1 is 1.12 bits per heavy atom. The van der Waals surface area contributed by atoms with Crippen molar-refractivity contribution in [1.29, 1.82) is 0 Å². The molecule has 0 aliphatic carbocycles. The van der Waals surface area contributed by atoms with Crippen molar-refractivity contribution in [2.24, 2.45) is 0 Å². The van der Waals surface area contributed by atoms with E-state index in [-0.39, 0.29) is 24.0 Å². The highest BCUT2D eigenvalue weighted by Crippen LogP contribution is 2.41. The molecule has 0 saturated carbocycles. The van der Waals surface area contributed by atoms with E-state index in [9.17, 15) is 9.59 Å². The van der Waals surface area contributed by atoms with Crippen molar-refractivity contribution in [3.63, 3.8) is 0 Å². The molecule has 1 aromatic heterocycles. The van der Waals surface area contributed by atoms with Gasteiger partial charge in [0.25, 0.3) is 11.8 Å². The molecule has 180 valence electrons. The number of likely N-dealkylation sites (tertiary alicyclic amines) is 1. The molecule has 34 heavy (non-hydrogen) atoms. The number of piperidine rings is 1. The van der Waals surface area contributed by atoms with Crippen molar-refractivity contribution < 1.29 is 14.3 Å². The Bertz CT molecular complexity index is 1160. The van der Waals surface area contributed by atoms with Gasteiger partial charge in [-0.15, -0.1) is 11.3 Å². The van der Waals surface area contributed by atoms with Crippen LogP contribution in [0.3, 0.4) is 0 Å². The summed E-state index contributed by atoms with van der Waals surface area (Å²) < 4.78 is 7.16. The van der Waals surface area contributed by atoms with Gasteiger partial charge in [-0.2, -0.15) is 0 Å². The maximum atomic E-state index is 13.3. The summed E-state index contributed by atoms with van der Waals surface area (Å²) in [4.78, 5) is 29.0. The lowest BCUT2D eigenvalue weighted by molar-refractivity contribution is 0.0915. The SMILES string of the molecule is CCc1cc2sc(C(=O)NC3CCN(C)CC3)c(OC(C)C)c2cc1NC(=O)c1ccccc1. The monoisotopic (exact) mass is 479 g/mol. The number of carbonyl (C=O) groups excluding carboxylic acids is 2. The predicted molar refractivity (Wildman–Crippen MR) is 139 cm³/mol. The van der Waals surface area contributed by atoms with Gasteiger partial charge in [0.05, 0.1) is 6.10 Å². The van der Waals surface area contributed by atoms with Gasteiger partial charge in [0.2, 0.25) is 0 Å². The van der Waals surface area contributed by atoms with Gasteiger partial charge < -0.3 is 20.3 Å². The second-order valence-corrected chi connectivity index (χ2v) is 10.2. The number of thiophene rings is 1. The van der Waals surface area contributed by atoms with Crippen molar-refractivity contribution >= 4 is 38.9 Å². The van der Waals surface area contributed by atoms with Crippen LogP contribution < -0.4 is 15.4 Å². The van der Waals surface area contributed by atoms with Gasteiger partial charge in [0.15, 0.2) is 5.75 Å². The predicted octanol–water partition coefficient (Wildman–Crippen LogP) is 5.33. The number of ether oxygens (including phenoxy) is 1. The zero-order chi connectivity index (χ0) is 24.2. The molecule has 2 amide bonds. The smallest absolute Gasteiger partial charge is 0.265 e. The summed E-state index contributed by atoms with van der Waals surface area (Å²) in [6.45, 7) is 7.95. The molecule has 4 rings (SSSR count). The minimum absolute atomic E-state index is 0.0825. The second kappa shape index (κ2) is 10.6. The average molecular weight is 480 g/mol. The minimum atomic E-state index is -0.156. The first-order valence-corrected chi connectivity index (χ1v) is 12.8. The largest absolute Gasteiger partial charge is 0.489 e. The fourth-order valence-electron chi connectivity index (χ4n) is 4.26. The molecular formula is C27H33N3O3S. The molecule has 2 heterocycles. The number of hydrogen-bond donors (Lipinski definition) is 2. The molecule has 0 radical (unpaired) electrons. The van der Waals surface area contributed by atoms with Crippen LogP contribution in [0.1, 0.15) is 59.2 Å². The summed E-state index contributed by atoms with van der Waals surface area (Å²) in [6, 6.07) is 13.4. The van der Waals surface area contributed by atoms with E-state index in [0.717, 1.165) is 53.7 Å². The molecule has 0 atom stereocenters. The van der Waals surface area contributed by atoms with Gasteiger partial charge in [0.1, 0.15) is 4.88 Å². The first-order chi connectivity index (χ1) is 16.4. The summed E-state index contributed by atoms with van der Waals surface area (Å²) in [5.74, 6) is 0.356. The molecule has 1 fully saturated rings. The molecule has 1 aliphatic heterocycles. The highest BCUT2D eigenvalue weighted by molar-refractivity contribution is 7.21. The lowest BCUT2D eigenvalue weighted by atomic mass is 10.1. The van der Waals surface area contributed by atoms with Gasteiger partial charge in [-0.3, -0.25) is 9.59 Å². The Balaban J connectivity index is 1.68. The number of nitrogens with zero attached hydrogens (tertiary/aromatic N) is 1. The van der Waals surface area contributed by atoms with Crippen molar-refractivity contribution in [3.05, 3.63) is 58.5 Å². The van der Waals surface area contributed by atoms with Gasteiger partial charge in [-0.25, -0.2) is 0 Å². The molecule has 2 aromatic carbocycles. The number of fused-ring (bicyclic) bond motifs is 1. The highest BCUT2D eigenvalue weighted by Gasteiger charge is 2.25. The van der Waals surface area contributed by atoms with Crippen LogP contribution in [0.15, 0.2) is 42.5 Å². The second-order valence-electron chi connectivity index (χ2n) is 9.16. The van der Waals surface area contributed by atoms with Crippen LogP contribution in [0.2, 0.25) is 0 Å². The van der Waals surface area contributed by atoms with E-state index in [1.165, 1.54) is 11.3 Å². The van der Waals surface area contributed by atoms with Crippen LogP contribution in [0.25, 0.3) is 10.1 Å². The molecule has 1 aliphatic rings. The molecular weight excluding hydrogens is 446 g/mol.